The van der Waals surface area contributed by atoms with E-state index >= 15 is 0 Å². The minimum absolute atomic E-state index is 0.0613. The van der Waals surface area contributed by atoms with Crippen LogP contribution < -0.4 is 5.32 Å². The van der Waals surface area contributed by atoms with Gasteiger partial charge in [-0.15, -0.1) is 5.10 Å². The van der Waals surface area contributed by atoms with Gasteiger partial charge in [0.05, 0.1) is 11.5 Å². The smallest absolute Gasteiger partial charge is 0.271 e. The fourth-order valence-corrected chi connectivity index (χ4v) is 1.82. The second kappa shape index (κ2) is 6.09. The summed E-state index contributed by atoms with van der Waals surface area (Å²) in [5.41, 5.74) is 1.71. The summed E-state index contributed by atoms with van der Waals surface area (Å²) in [4.78, 5) is 10.4. The lowest BCUT2D eigenvalue weighted by Gasteiger charge is -2.09. The summed E-state index contributed by atoms with van der Waals surface area (Å²) >= 11 is 0. The highest BCUT2D eigenvalue weighted by atomic mass is 16.6. The molecule has 0 bridgehead atoms. The van der Waals surface area contributed by atoms with Crippen molar-refractivity contribution in [3.05, 3.63) is 39.7 Å². The molecule has 2 aromatic rings. The molecule has 8 nitrogen and oxygen atoms in total. The quantitative estimate of drug-likeness (QED) is 0.639. The molecule has 0 amide bonds. The monoisotopic (exact) mass is 276 g/mol. The van der Waals surface area contributed by atoms with Crippen molar-refractivity contribution in [3.8, 4) is 0 Å². The van der Waals surface area contributed by atoms with E-state index in [0.29, 0.717) is 18.1 Å². The van der Waals surface area contributed by atoms with E-state index in [1.165, 1.54) is 12.1 Å². The van der Waals surface area contributed by atoms with Crippen LogP contribution in [0, 0.1) is 17.0 Å². The van der Waals surface area contributed by atoms with Crippen LogP contribution in [0.3, 0.4) is 0 Å². The number of nitro benzene ring substituents is 1. The summed E-state index contributed by atoms with van der Waals surface area (Å²) in [5, 5.41) is 25.4. The molecule has 8 heteroatoms. The van der Waals surface area contributed by atoms with E-state index in [1.807, 2.05) is 13.8 Å². The number of aryl methyl sites for hydroxylation is 2. The maximum atomic E-state index is 10.8. The Hall–Kier alpha value is -2.51. The van der Waals surface area contributed by atoms with E-state index in [-0.39, 0.29) is 5.69 Å². The van der Waals surface area contributed by atoms with Crippen LogP contribution in [0.15, 0.2) is 18.2 Å². The minimum atomic E-state index is -0.411. The van der Waals surface area contributed by atoms with Gasteiger partial charge in [0.15, 0.2) is 5.82 Å². The van der Waals surface area contributed by atoms with Crippen LogP contribution in [-0.2, 0) is 13.1 Å². The SMILES string of the molecule is CCCn1nnnc1CNc1cc([N+](=O)[O-])ccc1C. The molecule has 0 saturated heterocycles. The Kier molecular flexibility index (Phi) is 4.24. The molecule has 0 aliphatic heterocycles. The number of anilines is 1. The van der Waals surface area contributed by atoms with Crippen LogP contribution in [0.2, 0.25) is 0 Å². The van der Waals surface area contributed by atoms with Gasteiger partial charge >= 0.3 is 0 Å². The Morgan fingerprint density at radius 2 is 2.25 bits per heavy atom. The number of rotatable bonds is 6. The van der Waals surface area contributed by atoms with Crippen LogP contribution in [0.1, 0.15) is 24.7 Å². The molecule has 0 radical (unpaired) electrons. The van der Waals surface area contributed by atoms with Gasteiger partial charge in [-0.1, -0.05) is 13.0 Å². The lowest BCUT2D eigenvalue weighted by Crippen LogP contribution is -2.10. The Balaban J connectivity index is 2.12. The topological polar surface area (TPSA) is 98.8 Å². The largest absolute Gasteiger partial charge is 0.377 e. The third-order valence-electron chi connectivity index (χ3n) is 2.91. The fourth-order valence-electron chi connectivity index (χ4n) is 1.82. The van der Waals surface area contributed by atoms with Crippen LogP contribution in [-0.4, -0.2) is 25.1 Å². The third-order valence-corrected chi connectivity index (χ3v) is 2.91. The summed E-state index contributed by atoms with van der Waals surface area (Å²) < 4.78 is 1.72. The first-order chi connectivity index (χ1) is 9.61. The molecule has 1 N–H and O–H groups in total. The van der Waals surface area contributed by atoms with Crippen LogP contribution >= 0.6 is 0 Å². The van der Waals surface area contributed by atoms with Crippen LogP contribution in [0.4, 0.5) is 11.4 Å². The molecule has 0 unspecified atom stereocenters. The zero-order chi connectivity index (χ0) is 14.5. The molecular formula is C12H16N6O2. The van der Waals surface area contributed by atoms with Gasteiger partial charge in [0, 0.05) is 24.4 Å². The van der Waals surface area contributed by atoms with Gasteiger partial charge in [-0.25, -0.2) is 4.68 Å². The number of benzene rings is 1. The Morgan fingerprint density at radius 1 is 1.45 bits per heavy atom. The van der Waals surface area contributed by atoms with E-state index in [2.05, 4.69) is 20.8 Å². The zero-order valence-corrected chi connectivity index (χ0v) is 11.4. The van der Waals surface area contributed by atoms with Gasteiger partial charge in [-0.05, 0) is 29.3 Å². The van der Waals surface area contributed by atoms with E-state index in [0.717, 1.165) is 18.5 Å². The van der Waals surface area contributed by atoms with Crippen LogP contribution in [0.5, 0.6) is 0 Å². The molecule has 106 valence electrons. The number of aromatic nitrogens is 4. The summed E-state index contributed by atoms with van der Waals surface area (Å²) in [6.07, 6.45) is 0.938. The minimum Gasteiger partial charge on any atom is -0.377 e. The van der Waals surface area contributed by atoms with E-state index in [9.17, 15) is 10.1 Å². The van der Waals surface area contributed by atoms with Gasteiger partial charge < -0.3 is 5.32 Å². The predicted octanol–water partition coefficient (Wildman–Crippen LogP) is 1.91. The molecule has 2 rings (SSSR count). The number of hydrogen-bond acceptors (Lipinski definition) is 6. The molecule has 1 aromatic heterocycles. The van der Waals surface area contributed by atoms with Crippen molar-refractivity contribution in [2.24, 2.45) is 0 Å². The summed E-state index contributed by atoms with van der Waals surface area (Å²) in [6.45, 7) is 5.11. The first-order valence-electron chi connectivity index (χ1n) is 6.35. The van der Waals surface area contributed by atoms with Gasteiger partial charge in [-0.2, -0.15) is 0 Å². The molecule has 0 atom stereocenters. The average molecular weight is 276 g/mol. The second-order valence-corrected chi connectivity index (χ2v) is 4.43. The van der Waals surface area contributed by atoms with Crippen molar-refractivity contribution in [3.63, 3.8) is 0 Å². The lowest BCUT2D eigenvalue weighted by atomic mass is 10.2. The van der Waals surface area contributed by atoms with Crippen molar-refractivity contribution in [2.45, 2.75) is 33.4 Å². The number of nitrogens with one attached hydrogen (secondary N) is 1. The summed E-state index contributed by atoms with van der Waals surface area (Å²) in [6, 6.07) is 4.72. The van der Waals surface area contributed by atoms with Crippen molar-refractivity contribution >= 4 is 11.4 Å². The van der Waals surface area contributed by atoms with E-state index in [1.54, 1.807) is 10.7 Å². The maximum Gasteiger partial charge on any atom is 0.271 e. The Bertz CT molecular complexity index is 610. The van der Waals surface area contributed by atoms with Gasteiger partial charge in [0.1, 0.15) is 0 Å². The Labute approximate surface area is 115 Å². The molecule has 0 aliphatic carbocycles. The lowest BCUT2D eigenvalue weighted by molar-refractivity contribution is -0.384. The molecule has 1 heterocycles. The summed E-state index contributed by atoms with van der Waals surface area (Å²) in [5.74, 6) is 0.706. The normalized spacial score (nSPS) is 10.5. The predicted molar refractivity (Wildman–Crippen MR) is 73.3 cm³/mol. The number of hydrogen-bond donors (Lipinski definition) is 1. The van der Waals surface area contributed by atoms with Crippen molar-refractivity contribution in [2.75, 3.05) is 5.32 Å². The molecule has 0 aliphatic rings. The van der Waals surface area contributed by atoms with Gasteiger partial charge in [0.2, 0.25) is 0 Å². The zero-order valence-electron chi connectivity index (χ0n) is 11.4. The Morgan fingerprint density at radius 3 is 2.95 bits per heavy atom. The number of nitro groups is 1. The van der Waals surface area contributed by atoms with Crippen molar-refractivity contribution < 1.29 is 4.92 Å². The number of tetrazole rings is 1. The summed E-state index contributed by atoms with van der Waals surface area (Å²) in [7, 11) is 0. The standard InChI is InChI=1S/C12H16N6O2/c1-3-6-17-12(14-15-16-17)8-13-11-7-10(18(19)20)5-4-9(11)2/h4-5,7,13H,3,6,8H2,1-2H3. The van der Waals surface area contributed by atoms with Crippen molar-refractivity contribution in [1.29, 1.82) is 0 Å². The molecule has 0 fully saturated rings. The second-order valence-electron chi connectivity index (χ2n) is 4.43. The third kappa shape index (κ3) is 3.08. The molecular weight excluding hydrogens is 260 g/mol. The molecule has 1 aromatic carbocycles. The first kappa shape index (κ1) is 13.9. The van der Waals surface area contributed by atoms with Gasteiger partial charge in [-0.3, -0.25) is 10.1 Å². The molecule has 0 spiro atoms. The first-order valence-corrected chi connectivity index (χ1v) is 6.35. The highest BCUT2D eigenvalue weighted by Crippen LogP contribution is 2.22. The maximum absolute atomic E-state index is 10.8. The number of nitrogens with zero attached hydrogens (tertiary/aromatic N) is 5. The van der Waals surface area contributed by atoms with Gasteiger partial charge in [0.25, 0.3) is 5.69 Å². The number of non-ortho nitro benzene ring substituents is 1. The highest BCUT2D eigenvalue weighted by Gasteiger charge is 2.10. The highest BCUT2D eigenvalue weighted by molar-refractivity contribution is 5.56. The molecule has 20 heavy (non-hydrogen) atoms. The van der Waals surface area contributed by atoms with E-state index in [4.69, 9.17) is 0 Å². The fraction of sp³-hybridized carbons (Fsp3) is 0.417. The van der Waals surface area contributed by atoms with E-state index < -0.39 is 4.92 Å². The van der Waals surface area contributed by atoms with Crippen molar-refractivity contribution in [1.82, 2.24) is 20.2 Å². The average Bonchev–Trinajstić information content (AvgIpc) is 2.85. The molecule has 0 saturated carbocycles. The van der Waals surface area contributed by atoms with Crippen LogP contribution in [0.25, 0.3) is 0 Å².